The van der Waals surface area contributed by atoms with Crippen LogP contribution in [0, 0.1) is 0 Å². The monoisotopic (exact) mass is 372 g/mol. The van der Waals surface area contributed by atoms with Gasteiger partial charge in [-0.25, -0.2) is 0 Å². The van der Waals surface area contributed by atoms with Crippen LogP contribution in [0.5, 0.6) is 5.75 Å². The standard InChI is InChI=1S/C21H25ClN2O2/c1-24(2)18(11-17-9-10-19(25)12-20(17)22)13-23-21(26)16-7-5-15(6-8-16)14-3-4-14/h5-10,12,14,18,25H,3-4,11,13H2,1-2H3,(H,23,26)/t18-/m0/s1. The zero-order chi connectivity index (χ0) is 18.7. The summed E-state index contributed by atoms with van der Waals surface area (Å²) < 4.78 is 0. The van der Waals surface area contributed by atoms with Crippen molar-refractivity contribution in [3.8, 4) is 5.75 Å². The molecule has 26 heavy (non-hydrogen) atoms. The van der Waals surface area contributed by atoms with Gasteiger partial charge in [0, 0.05) is 23.2 Å². The third kappa shape index (κ3) is 4.77. The van der Waals surface area contributed by atoms with Crippen molar-refractivity contribution in [2.75, 3.05) is 20.6 Å². The first-order chi connectivity index (χ1) is 12.4. The molecule has 1 saturated carbocycles. The molecule has 2 N–H and O–H groups in total. The first kappa shape index (κ1) is 18.7. The van der Waals surface area contributed by atoms with Crippen molar-refractivity contribution in [2.45, 2.75) is 31.2 Å². The zero-order valence-corrected chi connectivity index (χ0v) is 16.0. The molecule has 5 heteroatoms. The van der Waals surface area contributed by atoms with Gasteiger partial charge in [-0.05, 0) is 74.7 Å². The molecule has 0 aliphatic heterocycles. The Bertz CT molecular complexity index is 770. The highest BCUT2D eigenvalue weighted by Gasteiger charge is 2.23. The lowest BCUT2D eigenvalue weighted by molar-refractivity contribution is 0.0941. The van der Waals surface area contributed by atoms with E-state index in [0.717, 1.165) is 5.56 Å². The summed E-state index contributed by atoms with van der Waals surface area (Å²) in [7, 11) is 3.96. The number of hydrogen-bond donors (Lipinski definition) is 2. The number of aromatic hydroxyl groups is 1. The lowest BCUT2D eigenvalue weighted by Crippen LogP contribution is -2.41. The number of halogens is 1. The first-order valence-corrected chi connectivity index (χ1v) is 9.34. The molecule has 0 heterocycles. The Labute approximate surface area is 159 Å². The van der Waals surface area contributed by atoms with Gasteiger partial charge in [0.2, 0.25) is 0 Å². The Hall–Kier alpha value is -2.04. The van der Waals surface area contributed by atoms with Gasteiger partial charge in [0.15, 0.2) is 0 Å². The molecular weight excluding hydrogens is 348 g/mol. The lowest BCUT2D eigenvalue weighted by Gasteiger charge is -2.25. The molecule has 138 valence electrons. The molecule has 1 fully saturated rings. The third-order valence-corrected chi connectivity index (χ3v) is 5.29. The molecule has 1 aliphatic rings. The minimum absolute atomic E-state index is 0.0593. The summed E-state index contributed by atoms with van der Waals surface area (Å²) in [5.74, 6) is 0.791. The van der Waals surface area contributed by atoms with E-state index < -0.39 is 0 Å². The zero-order valence-electron chi connectivity index (χ0n) is 15.2. The minimum atomic E-state index is -0.0593. The molecular formula is C21H25ClN2O2. The number of benzene rings is 2. The van der Waals surface area contributed by atoms with Gasteiger partial charge in [-0.15, -0.1) is 0 Å². The molecule has 2 aromatic rings. The Kier molecular flexibility index (Phi) is 5.84. The highest BCUT2D eigenvalue weighted by molar-refractivity contribution is 6.31. The smallest absolute Gasteiger partial charge is 0.251 e. The second-order valence-corrected chi connectivity index (χ2v) is 7.61. The Morgan fingerprint density at radius 3 is 2.50 bits per heavy atom. The van der Waals surface area contributed by atoms with E-state index in [1.807, 2.05) is 32.3 Å². The second-order valence-electron chi connectivity index (χ2n) is 7.20. The predicted molar refractivity (Wildman–Crippen MR) is 105 cm³/mol. The van der Waals surface area contributed by atoms with Crippen molar-refractivity contribution in [3.05, 3.63) is 64.2 Å². The molecule has 0 spiro atoms. The number of likely N-dealkylation sites (N-methyl/N-ethyl adjacent to an activating group) is 1. The molecule has 1 atom stereocenters. The van der Waals surface area contributed by atoms with Gasteiger partial charge in [-0.1, -0.05) is 29.8 Å². The van der Waals surface area contributed by atoms with Crippen LogP contribution in [0.25, 0.3) is 0 Å². The van der Waals surface area contributed by atoms with E-state index in [9.17, 15) is 9.90 Å². The van der Waals surface area contributed by atoms with E-state index in [0.29, 0.717) is 29.5 Å². The summed E-state index contributed by atoms with van der Waals surface area (Å²) in [5.41, 5.74) is 2.97. The molecule has 0 aromatic heterocycles. The number of rotatable bonds is 7. The molecule has 4 nitrogen and oxygen atoms in total. The maximum Gasteiger partial charge on any atom is 0.251 e. The van der Waals surface area contributed by atoms with E-state index in [-0.39, 0.29) is 17.7 Å². The third-order valence-electron chi connectivity index (χ3n) is 4.94. The van der Waals surface area contributed by atoms with E-state index >= 15 is 0 Å². The molecule has 1 aliphatic carbocycles. The largest absolute Gasteiger partial charge is 0.508 e. The van der Waals surface area contributed by atoms with Crippen LogP contribution in [0.1, 0.15) is 40.2 Å². The van der Waals surface area contributed by atoms with E-state index in [1.54, 1.807) is 12.1 Å². The minimum Gasteiger partial charge on any atom is -0.508 e. The summed E-state index contributed by atoms with van der Waals surface area (Å²) in [6.07, 6.45) is 3.21. The summed E-state index contributed by atoms with van der Waals surface area (Å²) in [5, 5.41) is 13.1. The highest BCUT2D eigenvalue weighted by atomic mass is 35.5. The van der Waals surface area contributed by atoms with Crippen molar-refractivity contribution in [2.24, 2.45) is 0 Å². The fourth-order valence-electron chi connectivity index (χ4n) is 3.03. The van der Waals surface area contributed by atoms with Gasteiger partial charge in [0.05, 0.1) is 0 Å². The van der Waals surface area contributed by atoms with Crippen LogP contribution in [-0.4, -0.2) is 42.6 Å². The molecule has 0 unspecified atom stereocenters. The molecule has 1 amide bonds. The van der Waals surface area contributed by atoms with Crippen LogP contribution >= 0.6 is 11.6 Å². The molecule has 0 bridgehead atoms. The van der Waals surface area contributed by atoms with Crippen molar-refractivity contribution in [3.63, 3.8) is 0 Å². The Morgan fingerprint density at radius 1 is 1.23 bits per heavy atom. The fraction of sp³-hybridized carbons (Fsp3) is 0.381. The van der Waals surface area contributed by atoms with Crippen LogP contribution in [0.2, 0.25) is 5.02 Å². The normalized spacial score (nSPS) is 15.1. The van der Waals surface area contributed by atoms with Crippen molar-refractivity contribution in [1.82, 2.24) is 10.2 Å². The first-order valence-electron chi connectivity index (χ1n) is 8.96. The number of carbonyl (C=O) groups excluding carboxylic acids is 1. The summed E-state index contributed by atoms with van der Waals surface area (Å²) in [4.78, 5) is 14.5. The van der Waals surface area contributed by atoms with Crippen LogP contribution in [0.4, 0.5) is 0 Å². The van der Waals surface area contributed by atoms with Crippen LogP contribution in [0.3, 0.4) is 0 Å². The summed E-state index contributed by atoms with van der Waals surface area (Å²) in [6.45, 7) is 0.521. The lowest BCUT2D eigenvalue weighted by atomic mass is 10.0. The molecule has 0 saturated heterocycles. The van der Waals surface area contributed by atoms with Gasteiger partial charge in [-0.2, -0.15) is 0 Å². The molecule has 3 rings (SSSR count). The highest BCUT2D eigenvalue weighted by Crippen LogP contribution is 2.39. The number of hydrogen-bond acceptors (Lipinski definition) is 3. The fourth-order valence-corrected chi connectivity index (χ4v) is 3.28. The van der Waals surface area contributed by atoms with Crippen LogP contribution in [-0.2, 0) is 6.42 Å². The van der Waals surface area contributed by atoms with E-state index in [2.05, 4.69) is 22.3 Å². The van der Waals surface area contributed by atoms with Crippen LogP contribution in [0.15, 0.2) is 42.5 Å². The topological polar surface area (TPSA) is 52.6 Å². The van der Waals surface area contributed by atoms with Crippen molar-refractivity contribution >= 4 is 17.5 Å². The number of carbonyl (C=O) groups is 1. The van der Waals surface area contributed by atoms with Gasteiger partial charge in [0.25, 0.3) is 5.91 Å². The van der Waals surface area contributed by atoms with Crippen molar-refractivity contribution < 1.29 is 9.90 Å². The maximum atomic E-state index is 12.4. The number of phenolic OH excluding ortho intramolecular Hbond substituents is 1. The SMILES string of the molecule is CN(C)[C@H](CNC(=O)c1ccc(C2CC2)cc1)Cc1ccc(O)cc1Cl. The van der Waals surface area contributed by atoms with E-state index in [4.69, 9.17) is 11.6 Å². The number of nitrogens with zero attached hydrogens (tertiary/aromatic N) is 1. The van der Waals surface area contributed by atoms with Gasteiger partial charge in [0.1, 0.15) is 5.75 Å². The average Bonchev–Trinajstić information content (AvgIpc) is 3.45. The van der Waals surface area contributed by atoms with Gasteiger partial charge < -0.3 is 15.3 Å². The molecule has 2 aromatic carbocycles. The van der Waals surface area contributed by atoms with Gasteiger partial charge in [-0.3, -0.25) is 4.79 Å². The maximum absolute atomic E-state index is 12.4. The quantitative estimate of drug-likeness (QED) is 0.776. The summed E-state index contributed by atoms with van der Waals surface area (Å²) >= 11 is 6.22. The second kappa shape index (κ2) is 8.11. The predicted octanol–water partition coefficient (Wildman–Crippen LogP) is 3.83. The Morgan fingerprint density at radius 2 is 1.92 bits per heavy atom. The Balaban J connectivity index is 1.59. The number of amides is 1. The number of phenols is 1. The van der Waals surface area contributed by atoms with Crippen LogP contribution < -0.4 is 5.32 Å². The van der Waals surface area contributed by atoms with Gasteiger partial charge >= 0.3 is 0 Å². The van der Waals surface area contributed by atoms with E-state index in [1.165, 1.54) is 18.4 Å². The summed E-state index contributed by atoms with van der Waals surface area (Å²) in [6, 6.07) is 13.0. The number of nitrogens with one attached hydrogen (secondary N) is 1. The van der Waals surface area contributed by atoms with Crippen molar-refractivity contribution in [1.29, 1.82) is 0 Å². The molecule has 0 radical (unpaired) electrons. The average molecular weight is 373 g/mol.